The Kier molecular flexibility index (Phi) is 4.55. The molecule has 2 aliphatic rings. The van der Waals surface area contributed by atoms with Crippen LogP contribution in [0.1, 0.15) is 34.1 Å². The number of benzene rings is 1. The Morgan fingerprint density at radius 3 is 1.95 bits per heavy atom. The number of likely N-dealkylation sites (N-methyl/N-ethyl adjacent to an activating group) is 1. The highest BCUT2D eigenvalue weighted by atomic mass is 16.2. The van der Waals surface area contributed by atoms with Crippen LogP contribution in [0.3, 0.4) is 0 Å². The molecular weight excluding hydrogens is 278 g/mol. The second-order valence-corrected chi connectivity index (χ2v) is 5.94. The van der Waals surface area contributed by atoms with Gasteiger partial charge in [0.15, 0.2) is 0 Å². The molecule has 1 aromatic carbocycles. The highest BCUT2D eigenvalue weighted by molar-refractivity contribution is 6.21. The zero-order valence-corrected chi connectivity index (χ0v) is 13.1. The molecule has 0 saturated carbocycles. The van der Waals surface area contributed by atoms with Crippen molar-refractivity contribution in [2.75, 3.05) is 45.8 Å². The first-order valence-corrected chi connectivity index (χ1v) is 8.10. The number of nitrogens with zero attached hydrogens (tertiary/aromatic N) is 3. The van der Waals surface area contributed by atoms with E-state index >= 15 is 0 Å². The van der Waals surface area contributed by atoms with E-state index in [0.29, 0.717) is 17.7 Å². The van der Waals surface area contributed by atoms with Gasteiger partial charge >= 0.3 is 0 Å². The van der Waals surface area contributed by atoms with Crippen molar-refractivity contribution in [3.63, 3.8) is 0 Å². The Bertz CT molecular complexity index is 530. The molecule has 118 valence electrons. The zero-order valence-electron chi connectivity index (χ0n) is 13.1. The molecule has 5 nitrogen and oxygen atoms in total. The van der Waals surface area contributed by atoms with Gasteiger partial charge in [0.05, 0.1) is 11.1 Å². The molecular formula is C17H23N3O2. The summed E-state index contributed by atoms with van der Waals surface area (Å²) in [7, 11) is 0. The summed E-state index contributed by atoms with van der Waals surface area (Å²) in [5.74, 6) is -0.284. The number of piperazine rings is 1. The summed E-state index contributed by atoms with van der Waals surface area (Å²) in [6.07, 6.45) is 0.845. The van der Waals surface area contributed by atoms with Crippen LogP contribution in [0.5, 0.6) is 0 Å². The fraction of sp³-hybridized carbons (Fsp3) is 0.529. The summed E-state index contributed by atoms with van der Waals surface area (Å²) < 4.78 is 0. The van der Waals surface area contributed by atoms with Crippen LogP contribution in [0.15, 0.2) is 24.3 Å². The molecule has 5 heteroatoms. The Morgan fingerprint density at radius 1 is 0.864 bits per heavy atom. The van der Waals surface area contributed by atoms with Crippen molar-refractivity contribution < 1.29 is 9.59 Å². The predicted molar refractivity (Wildman–Crippen MR) is 85.0 cm³/mol. The van der Waals surface area contributed by atoms with Crippen molar-refractivity contribution in [2.24, 2.45) is 0 Å². The molecule has 0 bridgehead atoms. The third kappa shape index (κ3) is 2.91. The molecule has 3 rings (SSSR count). The molecule has 0 aliphatic carbocycles. The summed E-state index contributed by atoms with van der Waals surface area (Å²) in [5.41, 5.74) is 1.09. The Morgan fingerprint density at radius 2 is 1.41 bits per heavy atom. The smallest absolute Gasteiger partial charge is 0.261 e. The van der Waals surface area contributed by atoms with Crippen LogP contribution in [0.4, 0.5) is 0 Å². The molecule has 1 fully saturated rings. The molecule has 2 amide bonds. The van der Waals surface area contributed by atoms with Gasteiger partial charge in [-0.2, -0.15) is 0 Å². The van der Waals surface area contributed by atoms with Gasteiger partial charge < -0.3 is 9.80 Å². The zero-order chi connectivity index (χ0) is 15.5. The van der Waals surface area contributed by atoms with E-state index in [1.807, 2.05) is 0 Å². The van der Waals surface area contributed by atoms with Crippen LogP contribution in [0, 0.1) is 0 Å². The molecule has 22 heavy (non-hydrogen) atoms. The van der Waals surface area contributed by atoms with E-state index in [0.717, 1.165) is 45.7 Å². The van der Waals surface area contributed by atoms with Crippen molar-refractivity contribution in [2.45, 2.75) is 13.3 Å². The number of carbonyl (C=O) groups excluding carboxylic acids is 2. The molecule has 1 aromatic rings. The lowest BCUT2D eigenvalue weighted by Crippen LogP contribution is -2.46. The minimum atomic E-state index is -0.142. The minimum Gasteiger partial charge on any atom is -0.301 e. The van der Waals surface area contributed by atoms with Crippen molar-refractivity contribution in [1.29, 1.82) is 0 Å². The largest absolute Gasteiger partial charge is 0.301 e. The fourth-order valence-corrected chi connectivity index (χ4v) is 3.22. The van der Waals surface area contributed by atoms with Crippen LogP contribution < -0.4 is 0 Å². The molecule has 2 heterocycles. The van der Waals surface area contributed by atoms with Crippen LogP contribution in [0.25, 0.3) is 0 Å². The molecule has 0 aromatic heterocycles. The van der Waals surface area contributed by atoms with Gasteiger partial charge in [0.25, 0.3) is 11.8 Å². The lowest BCUT2D eigenvalue weighted by molar-refractivity contribution is 0.0641. The number of hydrogen-bond donors (Lipinski definition) is 0. The van der Waals surface area contributed by atoms with Crippen molar-refractivity contribution in [1.82, 2.24) is 14.7 Å². The molecule has 0 unspecified atom stereocenters. The third-order valence-corrected chi connectivity index (χ3v) is 4.65. The maximum absolute atomic E-state index is 12.3. The van der Waals surface area contributed by atoms with Gasteiger partial charge in [-0.15, -0.1) is 0 Å². The minimum absolute atomic E-state index is 0.142. The van der Waals surface area contributed by atoms with Gasteiger partial charge in [0, 0.05) is 32.7 Å². The summed E-state index contributed by atoms with van der Waals surface area (Å²) in [6.45, 7) is 9.16. The van der Waals surface area contributed by atoms with Gasteiger partial charge in [-0.1, -0.05) is 19.1 Å². The monoisotopic (exact) mass is 301 g/mol. The van der Waals surface area contributed by atoms with E-state index in [1.165, 1.54) is 4.90 Å². The van der Waals surface area contributed by atoms with Gasteiger partial charge in [-0.05, 0) is 31.6 Å². The van der Waals surface area contributed by atoms with E-state index in [4.69, 9.17) is 0 Å². The highest BCUT2D eigenvalue weighted by Gasteiger charge is 2.34. The van der Waals surface area contributed by atoms with E-state index in [1.54, 1.807) is 24.3 Å². The molecule has 0 spiro atoms. The van der Waals surface area contributed by atoms with Gasteiger partial charge in [-0.25, -0.2) is 0 Å². The molecule has 0 radical (unpaired) electrons. The van der Waals surface area contributed by atoms with Crippen LogP contribution in [-0.4, -0.2) is 72.3 Å². The van der Waals surface area contributed by atoms with E-state index in [2.05, 4.69) is 16.7 Å². The first-order valence-electron chi connectivity index (χ1n) is 8.10. The fourth-order valence-electron chi connectivity index (χ4n) is 3.22. The van der Waals surface area contributed by atoms with Crippen LogP contribution in [-0.2, 0) is 0 Å². The predicted octanol–water partition coefficient (Wildman–Crippen LogP) is 1.31. The number of fused-ring (bicyclic) bond motifs is 1. The van der Waals surface area contributed by atoms with Crippen LogP contribution >= 0.6 is 0 Å². The maximum Gasteiger partial charge on any atom is 0.261 e. The van der Waals surface area contributed by atoms with Gasteiger partial charge in [0.1, 0.15) is 0 Å². The Labute approximate surface area is 131 Å². The molecule has 1 saturated heterocycles. The van der Waals surface area contributed by atoms with Crippen molar-refractivity contribution in [3.8, 4) is 0 Å². The molecule has 2 aliphatic heterocycles. The number of amides is 2. The average Bonchev–Trinajstić information content (AvgIpc) is 2.81. The average molecular weight is 301 g/mol. The quantitative estimate of drug-likeness (QED) is 0.769. The summed E-state index contributed by atoms with van der Waals surface area (Å²) in [5, 5.41) is 0. The van der Waals surface area contributed by atoms with Gasteiger partial charge in [0.2, 0.25) is 0 Å². The van der Waals surface area contributed by atoms with Gasteiger partial charge in [-0.3, -0.25) is 14.5 Å². The first kappa shape index (κ1) is 15.2. The third-order valence-electron chi connectivity index (χ3n) is 4.65. The van der Waals surface area contributed by atoms with Crippen molar-refractivity contribution in [3.05, 3.63) is 35.4 Å². The summed E-state index contributed by atoms with van der Waals surface area (Å²) >= 11 is 0. The molecule has 0 atom stereocenters. The number of imide groups is 1. The SMILES string of the molecule is CCN1CCN(CCCN2C(=O)c3ccccc3C2=O)CC1. The lowest BCUT2D eigenvalue weighted by Gasteiger charge is -2.34. The topological polar surface area (TPSA) is 43.9 Å². The highest BCUT2D eigenvalue weighted by Crippen LogP contribution is 2.22. The number of hydrogen-bond acceptors (Lipinski definition) is 4. The second kappa shape index (κ2) is 6.58. The number of carbonyl (C=O) groups is 2. The molecule has 0 N–H and O–H groups in total. The number of rotatable bonds is 5. The summed E-state index contributed by atoms with van der Waals surface area (Å²) in [4.78, 5) is 30.8. The van der Waals surface area contributed by atoms with Crippen molar-refractivity contribution >= 4 is 11.8 Å². The van der Waals surface area contributed by atoms with Crippen LogP contribution in [0.2, 0.25) is 0 Å². The normalized spacial score (nSPS) is 19.8. The second-order valence-electron chi connectivity index (χ2n) is 5.94. The standard InChI is InChI=1S/C17H23N3O2/c1-2-18-10-12-19(13-11-18)8-5-9-20-16(21)14-6-3-4-7-15(14)17(20)22/h3-4,6-7H,2,5,8-13H2,1H3. The van der Waals surface area contributed by atoms with E-state index < -0.39 is 0 Å². The Hall–Kier alpha value is -1.72. The van der Waals surface area contributed by atoms with E-state index in [9.17, 15) is 9.59 Å². The Balaban J connectivity index is 1.49. The summed E-state index contributed by atoms with van der Waals surface area (Å²) in [6, 6.07) is 7.08. The van der Waals surface area contributed by atoms with E-state index in [-0.39, 0.29) is 11.8 Å². The maximum atomic E-state index is 12.3. The lowest BCUT2D eigenvalue weighted by atomic mass is 10.1. The first-order chi connectivity index (χ1) is 10.7.